The third-order valence-corrected chi connectivity index (χ3v) is 4.30. The van der Waals surface area contributed by atoms with Crippen LogP contribution in [0.5, 0.6) is 0 Å². The maximum absolute atomic E-state index is 5.84. The van der Waals surface area contributed by atoms with Gasteiger partial charge < -0.3 is 10.3 Å². The van der Waals surface area contributed by atoms with E-state index >= 15 is 0 Å². The number of rotatable bonds is 2. The lowest BCUT2D eigenvalue weighted by molar-refractivity contribution is 0.604. The largest absolute Gasteiger partial charge is 0.369 e. The molecule has 0 aliphatic rings. The zero-order chi connectivity index (χ0) is 12.6. The summed E-state index contributed by atoms with van der Waals surface area (Å²) in [6.07, 6.45) is 1.81. The molecule has 0 atom stereocenters. The highest BCUT2D eigenvalue weighted by Gasteiger charge is 2.16. The molecule has 4 heteroatoms. The summed E-state index contributed by atoms with van der Waals surface area (Å²) in [6, 6.07) is 4.40. The fourth-order valence-corrected chi connectivity index (χ4v) is 2.76. The lowest BCUT2D eigenvalue weighted by Crippen LogP contribution is -2.08. The van der Waals surface area contributed by atoms with E-state index in [2.05, 4.69) is 37.9 Å². The van der Waals surface area contributed by atoms with Crippen molar-refractivity contribution in [1.29, 1.82) is 0 Å². The maximum Gasteiger partial charge on any atom is 0.200 e. The van der Waals surface area contributed by atoms with Crippen molar-refractivity contribution in [2.24, 2.45) is 0 Å². The minimum atomic E-state index is 0.221. The second-order valence-corrected chi connectivity index (χ2v) is 6.53. The summed E-state index contributed by atoms with van der Waals surface area (Å²) in [7, 11) is 0. The van der Waals surface area contributed by atoms with Gasteiger partial charge in [0.1, 0.15) is 0 Å². The average Bonchev–Trinajstić information content (AvgIpc) is 2.79. The second-order valence-electron chi connectivity index (χ2n) is 5.36. The standard InChI is InChI=1S/C13H19N3S/c1-9-7-15-12(14)16(9)8-10-5-6-11(17-10)13(2,3)4/h5-7H,8H2,1-4H3,(H2,14,15). The third-order valence-electron chi connectivity index (χ3n) is 2.80. The van der Waals surface area contributed by atoms with Crippen molar-refractivity contribution in [3.05, 3.63) is 33.8 Å². The van der Waals surface area contributed by atoms with E-state index in [0.717, 1.165) is 12.2 Å². The Hall–Kier alpha value is -1.29. The van der Waals surface area contributed by atoms with Crippen molar-refractivity contribution in [1.82, 2.24) is 9.55 Å². The molecule has 2 aromatic heterocycles. The van der Waals surface area contributed by atoms with Gasteiger partial charge in [0.2, 0.25) is 5.95 Å². The summed E-state index contributed by atoms with van der Waals surface area (Å²) >= 11 is 1.85. The Morgan fingerprint density at radius 3 is 2.53 bits per heavy atom. The predicted octanol–water partition coefficient (Wildman–Crippen LogP) is 3.18. The van der Waals surface area contributed by atoms with E-state index < -0.39 is 0 Å². The summed E-state index contributed by atoms with van der Waals surface area (Å²) in [5.41, 5.74) is 7.16. The number of aryl methyl sites for hydroxylation is 1. The first-order chi connectivity index (χ1) is 7.88. The molecule has 2 rings (SSSR count). The number of hydrogen-bond acceptors (Lipinski definition) is 3. The Bertz CT molecular complexity index is 497. The topological polar surface area (TPSA) is 43.8 Å². The molecule has 0 saturated heterocycles. The lowest BCUT2D eigenvalue weighted by atomic mass is 9.95. The van der Waals surface area contributed by atoms with Crippen LogP contribution in [0.25, 0.3) is 0 Å². The quantitative estimate of drug-likeness (QED) is 0.888. The van der Waals surface area contributed by atoms with Crippen molar-refractivity contribution in [3.63, 3.8) is 0 Å². The normalized spacial score (nSPS) is 12.0. The van der Waals surface area contributed by atoms with E-state index in [1.165, 1.54) is 9.75 Å². The molecule has 0 spiro atoms. The highest BCUT2D eigenvalue weighted by atomic mass is 32.1. The fraction of sp³-hybridized carbons (Fsp3) is 0.462. The van der Waals surface area contributed by atoms with E-state index in [4.69, 9.17) is 5.73 Å². The molecule has 0 fully saturated rings. The number of hydrogen-bond donors (Lipinski definition) is 1. The third kappa shape index (κ3) is 2.52. The molecule has 0 aliphatic carbocycles. The molecule has 0 bridgehead atoms. The van der Waals surface area contributed by atoms with Crippen LogP contribution in [0.3, 0.4) is 0 Å². The molecule has 3 nitrogen and oxygen atoms in total. The Morgan fingerprint density at radius 2 is 2.06 bits per heavy atom. The molecule has 0 unspecified atom stereocenters. The van der Waals surface area contributed by atoms with Crippen LogP contribution in [-0.4, -0.2) is 9.55 Å². The molecule has 17 heavy (non-hydrogen) atoms. The van der Waals surface area contributed by atoms with Crippen LogP contribution < -0.4 is 5.73 Å². The van der Waals surface area contributed by atoms with Gasteiger partial charge in [-0.3, -0.25) is 0 Å². The fourth-order valence-electron chi connectivity index (χ4n) is 1.71. The van der Waals surface area contributed by atoms with E-state index in [9.17, 15) is 0 Å². The first kappa shape index (κ1) is 12.2. The molecule has 0 radical (unpaired) electrons. The summed E-state index contributed by atoms with van der Waals surface area (Å²) in [4.78, 5) is 6.84. The second kappa shape index (κ2) is 4.18. The molecule has 92 valence electrons. The van der Waals surface area contributed by atoms with Gasteiger partial charge in [-0.25, -0.2) is 4.98 Å². The van der Waals surface area contributed by atoms with Gasteiger partial charge >= 0.3 is 0 Å². The van der Waals surface area contributed by atoms with Gasteiger partial charge in [-0.2, -0.15) is 0 Å². The minimum Gasteiger partial charge on any atom is -0.369 e. The van der Waals surface area contributed by atoms with E-state index in [-0.39, 0.29) is 5.41 Å². The summed E-state index contributed by atoms with van der Waals surface area (Å²) < 4.78 is 2.04. The van der Waals surface area contributed by atoms with Crippen LogP contribution in [0, 0.1) is 6.92 Å². The molecular weight excluding hydrogens is 230 g/mol. The molecule has 0 saturated carbocycles. The summed E-state index contributed by atoms with van der Waals surface area (Å²) in [5.74, 6) is 0.591. The van der Waals surface area contributed by atoms with Crippen molar-refractivity contribution >= 4 is 17.3 Å². The van der Waals surface area contributed by atoms with Gasteiger partial charge in [0, 0.05) is 15.4 Å². The number of anilines is 1. The number of thiophene rings is 1. The number of nitrogen functional groups attached to an aromatic ring is 1. The van der Waals surface area contributed by atoms with Gasteiger partial charge in [0.25, 0.3) is 0 Å². The average molecular weight is 249 g/mol. The molecule has 0 amide bonds. The number of imidazole rings is 1. The van der Waals surface area contributed by atoms with Crippen LogP contribution in [-0.2, 0) is 12.0 Å². The zero-order valence-corrected chi connectivity index (χ0v) is 11.6. The minimum absolute atomic E-state index is 0.221. The smallest absolute Gasteiger partial charge is 0.200 e. The van der Waals surface area contributed by atoms with Crippen molar-refractivity contribution < 1.29 is 0 Å². The Kier molecular flexibility index (Phi) is 3.00. The van der Waals surface area contributed by atoms with E-state index in [1.807, 2.05) is 29.0 Å². The monoisotopic (exact) mass is 249 g/mol. The highest BCUT2D eigenvalue weighted by molar-refractivity contribution is 7.12. The van der Waals surface area contributed by atoms with Crippen molar-refractivity contribution in [2.45, 2.75) is 39.7 Å². The van der Waals surface area contributed by atoms with E-state index in [0.29, 0.717) is 5.95 Å². The maximum atomic E-state index is 5.84. The zero-order valence-electron chi connectivity index (χ0n) is 10.8. The van der Waals surface area contributed by atoms with Crippen LogP contribution in [0.15, 0.2) is 18.3 Å². The van der Waals surface area contributed by atoms with Crippen LogP contribution >= 0.6 is 11.3 Å². The Balaban J connectivity index is 2.23. The number of nitrogens with zero attached hydrogens (tertiary/aromatic N) is 2. The van der Waals surface area contributed by atoms with Gasteiger partial charge in [0.15, 0.2) is 0 Å². The van der Waals surface area contributed by atoms with E-state index in [1.54, 1.807) is 0 Å². The molecule has 2 heterocycles. The number of aromatic nitrogens is 2. The van der Waals surface area contributed by atoms with Crippen LogP contribution in [0.1, 0.15) is 36.2 Å². The molecule has 0 aromatic carbocycles. The lowest BCUT2D eigenvalue weighted by Gasteiger charge is -2.15. The van der Waals surface area contributed by atoms with Crippen LogP contribution in [0.2, 0.25) is 0 Å². The molecular formula is C13H19N3S. The van der Waals surface area contributed by atoms with Gasteiger partial charge in [0.05, 0.1) is 12.7 Å². The Morgan fingerprint density at radius 1 is 1.35 bits per heavy atom. The molecule has 2 aromatic rings. The number of nitrogens with two attached hydrogens (primary N) is 1. The SMILES string of the molecule is Cc1cnc(N)n1Cc1ccc(C(C)(C)C)s1. The molecule has 2 N–H and O–H groups in total. The van der Waals surface area contributed by atoms with Crippen molar-refractivity contribution in [3.8, 4) is 0 Å². The summed E-state index contributed by atoms with van der Waals surface area (Å²) in [6.45, 7) is 9.55. The highest BCUT2D eigenvalue weighted by Crippen LogP contribution is 2.30. The predicted molar refractivity (Wildman–Crippen MR) is 73.5 cm³/mol. The van der Waals surface area contributed by atoms with Crippen molar-refractivity contribution in [2.75, 3.05) is 5.73 Å². The first-order valence-corrected chi connectivity index (χ1v) is 6.56. The van der Waals surface area contributed by atoms with Gasteiger partial charge in [-0.15, -0.1) is 11.3 Å². The molecule has 0 aliphatic heterocycles. The summed E-state index contributed by atoms with van der Waals surface area (Å²) in [5, 5.41) is 0. The van der Waals surface area contributed by atoms with Gasteiger partial charge in [-0.05, 0) is 24.5 Å². The Labute approximate surface area is 106 Å². The van der Waals surface area contributed by atoms with Gasteiger partial charge in [-0.1, -0.05) is 20.8 Å². The van der Waals surface area contributed by atoms with Crippen LogP contribution in [0.4, 0.5) is 5.95 Å². The first-order valence-electron chi connectivity index (χ1n) is 5.75.